The highest BCUT2D eigenvalue weighted by molar-refractivity contribution is 6.30. The lowest BCUT2D eigenvalue weighted by molar-refractivity contribution is 0.281. The minimum Gasteiger partial charge on any atom is -0.492 e. The van der Waals surface area contributed by atoms with Gasteiger partial charge < -0.3 is 19.5 Å². The van der Waals surface area contributed by atoms with Gasteiger partial charge in [-0.3, -0.25) is 4.99 Å². The summed E-state index contributed by atoms with van der Waals surface area (Å²) in [5.74, 6) is 2.75. The van der Waals surface area contributed by atoms with Crippen LogP contribution in [0.1, 0.15) is 5.89 Å². The van der Waals surface area contributed by atoms with E-state index in [4.69, 9.17) is 20.9 Å². The molecule has 1 aromatic heterocycles. The van der Waals surface area contributed by atoms with Crippen LogP contribution in [0, 0.1) is 0 Å². The van der Waals surface area contributed by atoms with Crippen LogP contribution in [-0.4, -0.2) is 54.8 Å². The first-order valence-electron chi connectivity index (χ1n) is 9.34. The molecular weight excluding hydrogens is 390 g/mol. The first-order chi connectivity index (χ1) is 14.2. The van der Waals surface area contributed by atoms with Gasteiger partial charge in [-0.25, -0.2) is 0 Å². The molecule has 8 heteroatoms. The van der Waals surface area contributed by atoms with Gasteiger partial charge in [0.05, 0.1) is 6.54 Å². The minimum absolute atomic E-state index is 0.552. The summed E-state index contributed by atoms with van der Waals surface area (Å²) in [6.45, 7) is 1.89. The molecule has 0 aliphatic heterocycles. The quantitative estimate of drug-likeness (QED) is 0.450. The van der Waals surface area contributed by atoms with Crippen molar-refractivity contribution in [3.05, 3.63) is 65.5 Å². The summed E-state index contributed by atoms with van der Waals surface area (Å²) in [5, 5.41) is 7.99. The van der Waals surface area contributed by atoms with E-state index < -0.39 is 0 Å². The summed E-state index contributed by atoms with van der Waals surface area (Å²) in [5.41, 5.74) is 0.867. The van der Waals surface area contributed by atoms with Crippen LogP contribution >= 0.6 is 11.6 Å². The lowest BCUT2D eigenvalue weighted by Gasteiger charge is -2.21. The number of aromatic nitrogens is 2. The van der Waals surface area contributed by atoms with E-state index in [1.54, 1.807) is 19.2 Å². The van der Waals surface area contributed by atoms with Crippen molar-refractivity contribution < 1.29 is 9.26 Å². The molecule has 0 spiro atoms. The fourth-order valence-corrected chi connectivity index (χ4v) is 2.79. The van der Waals surface area contributed by atoms with Crippen molar-refractivity contribution in [1.29, 1.82) is 0 Å². The standard InChI is InChI=1S/C21H24ClN5O2/c1-23-21(27(2)14-15-28-18-6-4-3-5-7-18)24-13-12-19-25-20(26-29-19)16-8-10-17(22)11-9-16/h3-11H,12-15H2,1-2H3,(H,23,24). The molecule has 3 aromatic rings. The number of nitrogens with zero attached hydrogens (tertiary/aromatic N) is 4. The van der Waals surface area contributed by atoms with Crippen LogP contribution in [0.2, 0.25) is 5.02 Å². The average molecular weight is 414 g/mol. The number of hydrogen-bond acceptors (Lipinski definition) is 5. The second kappa shape index (κ2) is 10.5. The molecule has 29 heavy (non-hydrogen) atoms. The highest BCUT2D eigenvalue weighted by Gasteiger charge is 2.10. The normalized spacial score (nSPS) is 11.3. The molecule has 0 radical (unpaired) electrons. The first-order valence-corrected chi connectivity index (χ1v) is 9.71. The van der Waals surface area contributed by atoms with Crippen molar-refractivity contribution in [2.24, 2.45) is 4.99 Å². The van der Waals surface area contributed by atoms with E-state index >= 15 is 0 Å². The highest BCUT2D eigenvalue weighted by Crippen LogP contribution is 2.18. The van der Waals surface area contributed by atoms with Crippen molar-refractivity contribution in [3.63, 3.8) is 0 Å². The van der Waals surface area contributed by atoms with E-state index in [1.807, 2.05) is 54.4 Å². The molecule has 2 aromatic carbocycles. The minimum atomic E-state index is 0.552. The van der Waals surface area contributed by atoms with Crippen molar-refractivity contribution in [3.8, 4) is 17.1 Å². The molecule has 152 valence electrons. The lowest BCUT2D eigenvalue weighted by Crippen LogP contribution is -2.41. The number of rotatable bonds is 8. The van der Waals surface area contributed by atoms with E-state index in [2.05, 4.69) is 20.4 Å². The average Bonchev–Trinajstić information content (AvgIpc) is 3.21. The summed E-state index contributed by atoms with van der Waals surface area (Å²) in [6, 6.07) is 17.1. The topological polar surface area (TPSA) is 75.8 Å². The third-order valence-corrected chi connectivity index (χ3v) is 4.46. The van der Waals surface area contributed by atoms with Gasteiger partial charge in [-0.1, -0.05) is 35.0 Å². The molecule has 1 heterocycles. The smallest absolute Gasteiger partial charge is 0.228 e. The van der Waals surface area contributed by atoms with E-state index in [-0.39, 0.29) is 0 Å². The number of hydrogen-bond donors (Lipinski definition) is 1. The number of likely N-dealkylation sites (N-methyl/N-ethyl adjacent to an activating group) is 1. The Balaban J connectivity index is 1.43. The molecule has 0 aliphatic carbocycles. The number of halogens is 1. The first kappa shape index (κ1) is 20.7. The molecule has 0 atom stereocenters. The maximum absolute atomic E-state index is 5.91. The van der Waals surface area contributed by atoms with Crippen LogP contribution in [0.15, 0.2) is 64.1 Å². The highest BCUT2D eigenvalue weighted by atomic mass is 35.5. The molecule has 0 aliphatic rings. The maximum atomic E-state index is 5.91. The van der Waals surface area contributed by atoms with Gasteiger partial charge in [0, 0.05) is 37.6 Å². The molecule has 0 fully saturated rings. The van der Waals surface area contributed by atoms with E-state index in [9.17, 15) is 0 Å². The van der Waals surface area contributed by atoms with Crippen LogP contribution in [0.25, 0.3) is 11.4 Å². The van der Waals surface area contributed by atoms with Gasteiger partial charge in [0.15, 0.2) is 5.96 Å². The van der Waals surface area contributed by atoms with Gasteiger partial charge in [-0.2, -0.15) is 4.98 Å². The Hall–Kier alpha value is -3.06. The zero-order valence-electron chi connectivity index (χ0n) is 16.5. The van der Waals surface area contributed by atoms with Crippen LogP contribution in [0.4, 0.5) is 0 Å². The van der Waals surface area contributed by atoms with Crippen molar-refractivity contribution >= 4 is 17.6 Å². The second-order valence-electron chi connectivity index (χ2n) is 6.33. The van der Waals surface area contributed by atoms with Gasteiger partial charge in [0.25, 0.3) is 0 Å². The fourth-order valence-electron chi connectivity index (χ4n) is 2.66. The molecule has 3 rings (SSSR count). The van der Waals surface area contributed by atoms with Crippen molar-refractivity contribution in [2.75, 3.05) is 33.8 Å². The van der Waals surface area contributed by atoms with E-state index in [0.717, 1.165) is 17.3 Å². The summed E-state index contributed by atoms with van der Waals surface area (Å²) in [7, 11) is 3.72. The van der Waals surface area contributed by atoms with Gasteiger partial charge in [-0.15, -0.1) is 0 Å². The SMILES string of the molecule is CN=C(NCCc1nc(-c2ccc(Cl)cc2)no1)N(C)CCOc1ccccc1. The molecule has 0 saturated carbocycles. The Kier molecular flexibility index (Phi) is 7.47. The Bertz CT molecular complexity index is 912. The number of guanidine groups is 1. The van der Waals surface area contributed by atoms with Gasteiger partial charge in [-0.05, 0) is 36.4 Å². The summed E-state index contributed by atoms with van der Waals surface area (Å²) < 4.78 is 11.1. The number of nitrogens with one attached hydrogen (secondary N) is 1. The molecule has 0 unspecified atom stereocenters. The molecule has 7 nitrogen and oxygen atoms in total. The predicted molar refractivity (Wildman–Crippen MR) is 114 cm³/mol. The van der Waals surface area contributed by atoms with E-state index in [0.29, 0.717) is 42.9 Å². The summed E-state index contributed by atoms with van der Waals surface area (Å²) in [4.78, 5) is 10.7. The molecule has 0 saturated heterocycles. The van der Waals surface area contributed by atoms with Crippen molar-refractivity contribution in [1.82, 2.24) is 20.4 Å². The van der Waals surface area contributed by atoms with E-state index in [1.165, 1.54) is 0 Å². The van der Waals surface area contributed by atoms with Crippen LogP contribution in [0.5, 0.6) is 5.75 Å². The Morgan fingerprint density at radius 1 is 1.17 bits per heavy atom. The lowest BCUT2D eigenvalue weighted by atomic mass is 10.2. The summed E-state index contributed by atoms with van der Waals surface area (Å²) >= 11 is 5.91. The third-order valence-electron chi connectivity index (χ3n) is 4.20. The second-order valence-corrected chi connectivity index (χ2v) is 6.76. The number of para-hydroxylation sites is 1. The number of ether oxygens (including phenoxy) is 1. The Morgan fingerprint density at radius 2 is 1.93 bits per heavy atom. The zero-order valence-corrected chi connectivity index (χ0v) is 17.3. The molecule has 0 amide bonds. The Morgan fingerprint density at radius 3 is 2.66 bits per heavy atom. The fraction of sp³-hybridized carbons (Fsp3) is 0.286. The van der Waals surface area contributed by atoms with Gasteiger partial charge >= 0.3 is 0 Å². The molecular formula is C21H24ClN5O2. The monoisotopic (exact) mass is 413 g/mol. The largest absolute Gasteiger partial charge is 0.492 e. The maximum Gasteiger partial charge on any atom is 0.228 e. The van der Waals surface area contributed by atoms with Crippen LogP contribution in [-0.2, 0) is 6.42 Å². The molecule has 0 bridgehead atoms. The number of benzene rings is 2. The van der Waals surface area contributed by atoms with Gasteiger partial charge in [0.1, 0.15) is 12.4 Å². The number of aliphatic imine (C=N–C) groups is 1. The predicted octanol–water partition coefficient (Wildman–Crippen LogP) is 3.52. The van der Waals surface area contributed by atoms with Crippen LogP contribution < -0.4 is 10.1 Å². The molecule has 1 N–H and O–H groups in total. The van der Waals surface area contributed by atoms with Gasteiger partial charge in [0.2, 0.25) is 11.7 Å². The summed E-state index contributed by atoms with van der Waals surface area (Å²) in [6.07, 6.45) is 0.591. The van der Waals surface area contributed by atoms with Crippen molar-refractivity contribution in [2.45, 2.75) is 6.42 Å². The zero-order chi connectivity index (χ0) is 20.5. The third kappa shape index (κ3) is 6.22. The van der Waals surface area contributed by atoms with Crippen LogP contribution in [0.3, 0.4) is 0 Å². The Labute approximate surface area is 175 Å².